The molecule has 0 bridgehead atoms. The number of nitrogens with zero attached hydrogens (tertiary/aromatic N) is 5. The van der Waals surface area contributed by atoms with Crippen LogP contribution in [0, 0.1) is 11.3 Å². The molecule has 34 heavy (non-hydrogen) atoms. The molecule has 2 saturated heterocycles. The smallest absolute Gasteiger partial charge is 0.285 e. The number of nitriles is 1. The van der Waals surface area contributed by atoms with E-state index in [4.69, 9.17) is 5.26 Å². The van der Waals surface area contributed by atoms with Gasteiger partial charge in [-0.05, 0) is 49.1 Å². The fourth-order valence-corrected chi connectivity index (χ4v) is 6.29. The minimum atomic E-state index is -3.72. The van der Waals surface area contributed by atoms with Gasteiger partial charge in [0.2, 0.25) is 5.91 Å². The third kappa shape index (κ3) is 4.31. The summed E-state index contributed by atoms with van der Waals surface area (Å²) < 4.78 is 29.1. The van der Waals surface area contributed by atoms with Crippen molar-refractivity contribution in [2.75, 3.05) is 32.7 Å². The molecule has 1 atom stereocenters. The van der Waals surface area contributed by atoms with Crippen LogP contribution in [0.5, 0.6) is 0 Å². The van der Waals surface area contributed by atoms with Crippen molar-refractivity contribution in [2.45, 2.75) is 36.7 Å². The van der Waals surface area contributed by atoms with Crippen LogP contribution in [0.1, 0.15) is 36.0 Å². The van der Waals surface area contributed by atoms with Gasteiger partial charge in [-0.1, -0.05) is 24.3 Å². The van der Waals surface area contributed by atoms with Crippen LogP contribution < -0.4 is 0 Å². The van der Waals surface area contributed by atoms with Crippen LogP contribution in [0.15, 0.2) is 57.8 Å². The van der Waals surface area contributed by atoms with Gasteiger partial charge in [0, 0.05) is 44.8 Å². The van der Waals surface area contributed by atoms with E-state index in [0.717, 1.165) is 38.0 Å². The Balaban J connectivity index is 1.27. The van der Waals surface area contributed by atoms with E-state index in [9.17, 15) is 13.2 Å². The Labute approximate surface area is 200 Å². The summed E-state index contributed by atoms with van der Waals surface area (Å²) in [4.78, 5) is 19.9. The lowest BCUT2D eigenvalue weighted by Crippen LogP contribution is -2.48. The van der Waals surface area contributed by atoms with Gasteiger partial charge >= 0.3 is 0 Å². The maximum absolute atomic E-state index is 13.6. The Kier molecular flexibility index (Phi) is 6.11. The maximum Gasteiger partial charge on any atom is 0.285 e. The van der Waals surface area contributed by atoms with Gasteiger partial charge in [-0.3, -0.25) is 9.69 Å². The van der Waals surface area contributed by atoms with E-state index < -0.39 is 10.0 Å². The van der Waals surface area contributed by atoms with Gasteiger partial charge in [-0.2, -0.15) is 13.7 Å². The SMILES string of the molecule is N#Cc1ccc(CN2CCCN(C(=O)[C@@H]3CCCN3C3=NS(=O)(=O)c4ccccc43)CC2)cc1. The molecule has 9 heteroatoms. The van der Waals surface area contributed by atoms with E-state index >= 15 is 0 Å². The first-order chi connectivity index (χ1) is 16.5. The zero-order chi connectivity index (χ0) is 23.7. The monoisotopic (exact) mass is 477 g/mol. The summed E-state index contributed by atoms with van der Waals surface area (Å²) in [7, 11) is -3.72. The molecule has 0 radical (unpaired) electrons. The molecule has 3 aliphatic heterocycles. The number of hydrogen-bond acceptors (Lipinski definition) is 6. The Hall–Kier alpha value is -3.22. The van der Waals surface area contributed by atoms with E-state index in [1.165, 1.54) is 0 Å². The highest BCUT2D eigenvalue weighted by molar-refractivity contribution is 7.90. The molecule has 0 saturated carbocycles. The molecular weight excluding hydrogens is 450 g/mol. The summed E-state index contributed by atoms with van der Waals surface area (Å²) >= 11 is 0. The minimum Gasteiger partial charge on any atom is -0.343 e. The number of carbonyl (C=O) groups is 1. The van der Waals surface area contributed by atoms with Crippen molar-refractivity contribution >= 4 is 21.8 Å². The first-order valence-corrected chi connectivity index (χ1v) is 13.1. The predicted octanol–water partition coefficient (Wildman–Crippen LogP) is 2.21. The maximum atomic E-state index is 13.6. The molecule has 3 heterocycles. The second kappa shape index (κ2) is 9.20. The number of amides is 1. The number of rotatable bonds is 3. The van der Waals surface area contributed by atoms with Gasteiger partial charge in [-0.15, -0.1) is 4.40 Å². The zero-order valence-corrected chi connectivity index (χ0v) is 19.7. The standard InChI is InChI=1S/C25H27N5O3S/c26-17-19-8-10-20(11-9-19)18-28-12-4-13-29(16-15-28)25(31)22-6-3-14-30(22)24-21-5-1-2-7-23(21)34(32,33)27-24/h1-2,5,7-11,22H,3-4,6,12-16,18H2/t22-/m0/s1. The second-order valence-corrected chi connectivity index (χ2v) is 10.6. The Morgan fingerprint density at radius 3 is 2.59 bits per heavy atom. The number of carbonyl (C=O) groups excluding carboxylic acids is 1. The molecule has 2 aromatic carbocycles. The molecule has 0 spiro atoms. The van der Waals surface area contributed by atoms with Crippen molar-refractivity contribution in [3.05, 3.63) is 65.2 Å². The fraction of sp³-hybridized carbons (Fsp3) is 0.400. The van der Waals surface area contributed by atoms with Crippen LogP contribution in [-0.2, 0) is 21.4 Å². The molecule has 0 N–H and O–H groups in total. The number of amidine groups is 1. The van der Waals surface area contributed by atoms with Gasteiger partial charge in [-0.25, -0.2) is 0 Å². The molecule has 0 aliphatic carbocycles. The van der Waals surface area contributed by atoms with Crippen LogP contribution >= 0.6 is 0 Å². The highest BCUT2D eigenvalue weighted by Gasteiger charge is 2.40. The average Bonchev–Trinajstić information content (AvgIpc) is 3.35. The van der Waals surface area contributed by atoms with Crippen molar-refractivity contribution in [1.82, 2.24) is 14.7 Å². The molecule has 3 aliphatic rings. The number of benzene rings is 2. The Morgan fingerprint density at radius 2 is 1.79 bits per heavy atom. The van der Waals surface area contributed by atoms with Gasteiger partial charge in [0.1, 0.15) is 10.9 Å². The van der Waals surface area contributed by atoms with E-state index in [0.29, 0.717) is 43.0 Å². The van der Waals surface area contributed by atoms with Gasteiger partial charge in [0.25, 0.3) is 10.0 Å². The molecule has 5 rings (SSSR count). The summed E-state index contributed by atoms with van der Waals surface area (Å²) in [6.45, 7) is 4.41. The van der Waals surface area contributed by atoms with Crippen molar-refractivity contribution in [3.8, 4) is 6.07 Å². The number of fused-ring (bicyclic) bond motifs is 1. The predicted molar refractivity (Wildman–Crippen MR) is 128 cm³/mol. The van der Waals surface area contributed by atoms with E-state index in [1.54, 1.807) is 24.3 Å². The van der Waals surface area contributed by atoms with E-state index in [-0.39, 0.29) is 16.8 Å². The van der Waals surface area contributed by atoms with Crippen LogP contribution in [0.2, 0.25) is 0 Å². The molecular formula is C25H27N5O3S. The van der Waals surface area contributed by atoms with Gasteiger partial charge < -0.3 is 9.80 Å². The summed E-state index contributed by atoms with van der Waals surface area (Å²) in [5.41, 5.74) is 2.39. The molecule has 176 valence electrons. The quantitative estimate of drug-likeness (QED) is 0.672. The normalized spacial score (nSPS) is 22.1. The number of hydrogen-bond donors (Lipinski definition) is 0. The fourth-order valence-electron chi connectivity index (χ4n) is 5.08. The lowest BCUT2D eigenvalue weighted by molar-refractivity contribution is -0.134. The molecule has 8 nitrogen and oxygen atoms in total. The third-order valence-corrected chi connectivity index (χ3v) is 8.14. The zero-order valence-electron chi connectivity index (χ0n) is 18.9. The van der Waals surface area contributed by atoms with Crippen LogP contribution in [0.25, 0.3) is 0 Å². The van der Waals surface area contributed by atoms with Crippen molar-refractivity contribution in [1.29, 1.82) is 5.26 Å². The van der Waals surface area contributed by atoms with Gasteiger partial charge in [0.05, 0.1) is 11.6 Å². The molecule has 2 aromatic rings. The molecule has 0 aromatic heterocycles. The Morgan fingerprint density at radius 1 is 1.00 bits per heavy atom. The van der Waals surface area contributed by atoms with Crippen LogP contribution in [-0.4, -0.2) is 73.6 Å². The third-order valence-electron chi connectivity index (χ3n) is 6.81. The number of likely N-dealkylation sites (tertiary alicyclic amines) is 1. The van der Waals surface area contributed by atoms with E-state index in [2.05, 4.69) is 15.4 Å². The topological polar surface area (TPSA) is 97.1 Å². The van der Waals surface area contributed by atoms with Crippen LogP contribution in [0.3, 0.4) is 0 Å². The second-order valence-electron chi connectivity index (χ2n) is 9.00. The lowest BCUT2D eigenvalue weighted by atomic mass is 10.1. The van der Waals surface area contributed by atoms with Gasteiger partial charge in [0.15, 0.2) is 5.84 Å². The molecule has 1 amide bonds. The summed E-state index contributed by atoms with van der Waals surface area (Å²) in [5.74, 6) is 0.464. The minimum absolute atomic E-state index is 0.0576. The lowest BCUT2D eigenvalue weighted by Gasteiger charge is -2.30. The van der Waals surface area contributed by atoms with E-state index in [1.807, 2.05) is 34.1 Å². The molecule has 2 fully saturated rings. The summed E-state index contributed by atoms with van der Waals surface area (Å²) in [5, 5.41) is 8.98. The highest BCUT2D eigenvalue weighted by atomic mass is 32.2. The first kappa shape index (κ1) is 22.6. The van der Waals surface area contributed by atoms with Crippen molar-refractivity contribution < 1.29 is 13.2 Å². The largest absolute Gasteiger partial charge is 0.343 e. The summed E-state index contributed by atoms with van der Waals surface area (Å²) in [6, 6.07) is 16.2. The van der Waals surface area contributed by atoms with Crippen molar-refractivity contribution in [3.63, 3.8) is 0 Å². The first-order valence-electron chi connectivity index (χ1n) is 11.7. The average molecular weight is 478 g/mol. The molecule has 0 unspecified atom stereocenters. The highest BCUT2D eigenvalue weighted by Crippen LogP contribution is 2.31. The van der Waals surface area contributed by atoms with Crippen LogP contribution in [0.4, 0.5) is 0 Å². The van der Waals surface area contributed by atoms with Crippen molar-refractivity contribution in [2.24, 2.45) is 4.40 Å². The number of sulfonamides is 1. The Bertz CT molecular complexity index is 1270. The summed E-state index contributed by atoms with van der Waals surface area (Å²) in [6.07, 6.45) is 2.41.